The molecule has 2 amide bonds. The van der Waals surface area contributed by atoms with Crippen molar-refractivity contribution < 1.29 is 19.5 Å². The lowest BCUT2D eigenvalue weighted by Gasteiger charge is -2.37. The standard InChI is InChI=1S/C14H22N2O4/c1-9(2)16-7-10(6-11(16)17)12(18)15-8-14(13(19)20)4-3-5-14/h9-10H,3-8H2,1-2H3,(H,15,18)(H,19,20). The summed E-state index contributed by atoms with van der Waals surface area (Å²) >= 11 is 0. The number of carboxylic acids is 1. The van der Waals surface area contributed by atoms with Gasteiger partial charge in [0.15, 0.2) is 0 Å². The van der Waals surface area contributed by atoms with Crippen molar-refractivity contribution in [1.29, 1.82) is 0 Å². The van der Waals surface area contributed by atoms with Gasteiger partial charge in [-0.15, -0.1) is 0 Å². The van der Waals surface area contributed by atoms with Crippen molar-refractivity contribution in [2.45, 2.75) is 45.6 Å². The normalized spacial score (nSPS) is 24.6. The van der Waals surface area contributed by atoms with Crippen LogP contribution in [0.25, 0.3) is 0 Å². The van der Waals surface area contributed by atoms with Gasteiger partial charge in [0.05, 0.1) is 11.3 Å². The van der Waals surface area contributed by atoms with Gasteiger partial charge in [-0.1, -0.05) is 6.42 Å². The molecule has 6 nitrogen and oxygen atoms in total. The SMILES string of the molecule is CC(C)N1CC(C(=O)NCC2(C(=O)O)CCC2)CC1=O. The van der Waals surface area contributed by atoms with E-state index >= 15 is 0 Å². The largest absolute Gasteiger partial charge is 0.481 e. The average Bonchev–Trinajstić information content (AvgIpc) is 2.69. The van der Waals surface area contributed by atoms with Crippen LogP contribution in [0.3, 0.4) is 0 Å². The van der Waals surface area contributed by atoms with Crippen molar-refractivity contribution in [1.82, 2.24) is 10.2 Å². The molecule has 1 saturated heterocycles. The van der Waals surface area contributed by atoms with E-state index in [-0.39, 0.29) is 36.7 Å². The minimum absolute atomic E-state index is 0.00302. The molecule has 0 radical (unpaired) electrons. The van der Waals surface area contributed by atoms with Crippen LogP contribution in [-0.4, -0.2) is 46.9 Å². The van der Waals surface area contributed by atoms with E-state index < -0.39 is 11.4 Å². The summed E-state index contributed by atoms with van der Waals surface area (Å²) in [5.41, 5.74) is -0.782. The van der Waals surface area contributed by atoms with Crippen molar-refractivity contribution in [3.05, 3.63) is 0 Å². The van der Waals surface area contributed by atoms with Crippen LogP contribution in [0.5, 0.6) is 0 Å². The molecule has 2 rings (SSSR count). The van der Waals surface area contributed by atoms with Crippen LogP contribution in [0.4, 0.5) is 0 Å². The van der Waals surface area contributed by atoms with Crippen LogP contribution in [0, 0.1) is 11.3 Å². The van der Waals surface area contributed by atoms with Gasteiger partial charge in [0, 0.05) is 25.6 Å². The number of carboxylic acid groups (broad SMARTS) is 1. The first-order valence-electron chi connectivity index (χ1n) is 7.16. The molecule has 0 aromatic heterocycles. The van der Waals surface area contributed by atoms with Crippen molar-refractivity contribution in [2.75, 3.05) is 13.1 Å². The Balaban J connectivity index is 1.87. The monoisotopic (exact) mass is 282 g/mol. The first-order valence-corrected chi connectivity index (χ1v) is 7.16. The van der Waals surface area contributed by atoms with E-state index in [4.69, 9.17) is 0 Å². The van der Waals surface area contributed by atoms with E-state index in [0.717, 1.165) is 6.42 Å². The Morgan fingerprint density at radius 3 is 2.50 bits per heavy atom. The van der Waals surface area contributed by atoms with Gasteiger partial charge in [-0.2, -0.15) is 0 Å². The number of carbonyl (C=O) groups excluding carboxylic acids is 2. The summed E-state index contributed by atoms with van der Waals surface area (Å²) in [4.78, 5) is 36.8. The van der Waals surface area contributed by atoms with E-state index in [1.165, 1.54) is 0 Å². The summed E-state index contributed by atoms with van der Waals surface area (Å²) < 4.78 is 0. The molecule has 112 valence electrons. The van der Waals surface area contributed by atoms with E-state index in [0.29, 0.717) is 19.4 Å². The Morgan fingerprint density at radius 1 is 1.45 bits per heavy atom. The van der Waals surface area contributed by atoms with Crippen LogP contribution in [-0.2, 0) is 14.4 Å². The maximum atomic E-state index is 12.1. The Labute approximate surface area is 118 Å². The lowest BCUT2D eigenvalue weighted by atomic mass is 9.68. The Hall–Kier alpha value is -1.59. The third-order valence-corrected chi connectivity index (χ3v) is 4.52. The fraction of sp³-hybridized carbons (Fsp3) is 0.786. The van der Waals surface area contributed by atoms with Gasteiger partial charge in [-0.25, -0.2) is 0 Å². The first-order chi connectivity index (χ1) is 9.35. The van der Waals surface area contributed by atoms with E-state index in [9.17, 15) is 19.5 Å². The van der Waals surface area contributed by atoms with Gasteiger partial charge in [-0.3, -0.25) is 14.4 Å². The highest BCUT2D eigenvalue weighted by Crippen LogP contribution is 2.40. The summed E-state index contributed by atoms with van der Waals surface area (Å²) in [6.45, 7) is 4.45. The molecule has 0 bridgehead atoms. The van der Waals surface area contributed by atoms with Gasteiger partial charge < -0.3 is 15.3 Å². The van der Waals surface area contributed by atoms with E-state index in [1.54, 1.807) is 4.90 Å². The quantitative estimate of drug-likeness (QED) is 0.773. The smallest absolute Gasteiger partial charge is 0.311 e. The lowest BCUT2D eigenvalue weighted by molar-refractivity contribution is -0.154. The molecular weight excluding hydrogens is 260 g/mol. The van der Waals surface area contributed by atoms with Gasteiger partial charge >= 0.3 is 5.97 Å². The van der Waals surface area contributed by atoms with Gasteiger partial charge in [0.1, 0.15) is 0 Å². The predicted octanol–water partition coefficient (Wildman–Crippen LogP) is 0.614. The van der Waals surface area contributed by atoms with Crippen LogP contribution < -0.4 is 5.32 Å². The molecule has 0 aromatic rings. The summed E-state index contributed by atoms with van der Waals surface area (Å²) in [5.74, 6) is -1.39. The molecule has 2 aliphatic rings. The van der Waals surface area contributed by atoms with Gasteiger partial charge in [0.25, 0.3) is 0 Å². The third-order valence-electron chi connectivity index (χ3n) is 4.52. The summed E-state index contributed by atoms with van der Waals surface area (Å²) in [6, 6.07) is 0.0947. The highest BCUT2D eigenvalue weighted by molar-refractivity contribution is 5.89. The van der Waals surface area contributed by atoms with Crippen LogP contribution in [0.1, 0.15) is 39.5 Å². The number of likely N-dealkylation sites (tertiary alicyclic amines) is 1. The van der Waals surface area contributed by atoms with Crippen molar-refractivity contribution >= 4 is 17.8 Å². The Kier molecular flexibility index (Phi) is 4.01. The number of nitrogens with zero attached hydrogens (tertiary/aromatic N) is 1. The average molecular weight is 282 g/mol. The molecule has 20 heavy (non-hydrogen) atoms. The number of carbonyl (C=O) groups is 3. The molecule has 2 N–H and O–H groups in total. The zero-order chi connectivity index (χ0) is 14.9. The predicted molar refractivity (Wildman–Crippen MR) is 71.9 cm³/mol. The molecule has 1 atom stereocenters. The summed E-state index contributed by atoms with van der Waals surface area (Å²) in [5, 5.41) is 11.9. The maximum Gasteiger partial charge on any atom is 0.311 e. The zero-order valence-electron chi connectivity index (χ0n) is 12.0. The molecule has 2 fully saturated rings. The van der Waals surface area contributed by atoms with E-state index in [2.05, 4.69) is 5.32 Å². The fourth-order valence-electron chi connectivity index (χ4n) is 2.88. The molecule has 0 spiro atoms. The van der Waals surface area contributed by atoms with Crippen LogP contribution >= 0.6 is 0 Å². The highest BCUT2D eigenvalue weighted by Gasteiger charge is 2.45. The molecule has 1 aliphatic carbocycles. The second-order valence-electron chi connectivity index (χ2n) is 6.20. The number of nitrogens with one attached hydrogen (secondary N) is 1. The molecule has 1 saturated carbocycles. The molecule has 1 heterocycles. The van der Waals surface area contributed by atoms with E-state index in [1.807, 2.05) is 13.8 Å². The van der Waals surface area contributed by atoms with Crippen molar-refractivity contribution in [3.63, 3.8) is 0 Å². The second-order valence-corrected chi connectivity index (χ2v) is 6.20. The summed E-state index contributed by atoms with van der Waals surface area (Å²) in [6.07, 6.45) is 2.35. The minimum atomic E-state index is -0.838. The number of hydrogen-bond donors (Lipinski definition) is 2. The number of hydrogen-bond acceptors (Lipinski definition) is 3. The number of rotatable bonds is 5. The second kappa shape index (κ2) is 5.42. The van der Waals surface area contributed by atoms with Gasteiger partial charge in [0.2, 0.25) is 11.8 Å². The zero-order valence-corrected chi connectivity index (χ0v) is 12.0. The first kappa shape index (κ1) is 14.8. The number of aliphatic carboxylic acids is 1. The van der Waals surface area contributed by atoms with Crippen molar-refractivity contribution in [2.24, 2.45) is 11.3 Å². The summed E-state index contributed by atoms with van der Waals surface area (Å²) in [7, 11) is 0. The Bertz CT molecular complexity index is 429. The topological polar surface area (TPSA) is 86.7 Å². The molecule has 1 aliphatic heterocycles. The van der Waals surface area contributed by atoms with Crippen LogP contribution in [0.2, 0.25) is 0 Å². The maximum absolute atomic E-state index is 12.1. The fourth-order valence-corrected chi connectivity index (χ4v) is 2.88. The van der Waals surface area contributed by atoms with Crippen LogP contribution in [0.15, 0.2) is 0 Å². The molecule has 6 heteroatoms. The Morgan fingerprint density at radius 2 is 2.10 bits per heavy atom. The molecular formula is C14H22N2O4. The minimum Gasteiger partial charge on any atom is -0.481 e. The number of amides is 2. The van der Waals surface area contributed by atoms with Gasteiger partial charge in [-0.05, 0) is 26.7 Å². The lowest BCUT2D eigenvalue weighted by Crippen LogP contribution is -2.49. The molecule has 0 aromatic carbocycles. The highest BCUT2D eigenvalue weighted by atomic mass is 16.4. The molecule has 1 unspecified atom stereocenters. The third kappa shape index (κ3) is 2.64. The van der Waals surface area contributed by atoms with Crippen molar-refractivity contribution in [3.8, 4) is 0 Å².